The first-order chi connectivity index (χ1) is 25.7. The largest absolute Gasteiger partial charge is 0.493 e. The molecular formula is C38H43F6N3O7S. The number of nitrogens with zero attached hydrogens (tertiary/aromatic N) is 3. The Labute approximate surface area is 318 Å². The Morgan fingerprint density at radius 3 is 2.31 bits per heavy atom. The average Bonchev–Trinajstić information content (AvgIpc) is 3.61. The minimum absolute atomic E-state index is 0.00178. The van der Waals surface area contributed by atoms with Gasteiger partial charge in [-0.2, -0.15) is 26.3 Å². The lowest BCUT2D eigenvalue weighted by molar-refractivity contribution is -0.163. The van der Waals surface area contributed by atoms with Crippen LogP contribution in [0.15, 0.2) is 54.2 Å². The molecule has 0 spiro atoms. The Morgan fingerprint density at radius 1 is 1.00 bits per heavy atom. The number of rotatable bonds is 12. The van der Waals surface area contributed by atoms with Crippen LogP contribution >= 0.6 is 11.3 Å². The van der Waals surface area contributed by atoms with E-state index in [-0.39, 0.29) is 70.5 Å². The lowest BCUT2D eigenvalue weighted by atomic mass is 9.78. The van der Waals surface area contributed by atoms with Crippen LogP contribution in [0.3, 0.4) is 0 Å². The topological polar surface area (TPSA) is 130 Å². The molecule has 2 amide bonds. The van der Waals surface area contributed by atoms with Crippen LogP contribution in [-0.2, 0) is 27.5 Å². The molecule has 2 fully saturated rings. The molecule has 0 aliphatic carbocycles. The number of carbonyl (C=O) groups excluding carboxylic acids is 2. The second-order valence-electron chi connectivity index (χ2n) is 14.6. The summed E-state index contributed by atoms with van der Waals surface area (Å²) < 4.78 is 95.5. The zero-order chi connectivity index (χ0) is 40.4. The zero-order valence-corrected chi connectivity index (χ0v) is 31.3. The maximum atomic E-state index is 14.9. The summed E-state index contributed by atoms with van der Waals surface area (Å²) in [6, 6.07) is 6.97. The lowest BCUT2D eigenvalue weighted by Gasteiger charge is -2.51. The maximum Gasteiger partial charge on any atom is 0.425 e. The number of carboxylic acids is 1. The van der Waals surface area contributed by atoms with Crippen LogP contribution in [0.25, 0.3) is 0 Å². The van der Waals surface area contributed by atoms with E-state index in [4.69, 9.17) is 9.47 Å². The Bertz CT molecular complexity index is 1860. The van der Waals surface area contributed by atoms with E-state index in [1.54, 1.807) is 45.0 Å². The number of aliphatic hydroxyl groups is 1. The van der Waals surface area contributed by atoms with E-state index >= 15 is 0 Å². The molecule has 2 N–H and O–H groups in total. The number of hydrogen-bond acceptors (Lipinski definition) is 8. The van der Waals surface area contributed by atoms with Gasteiger partial charge in [-0.3, -0.25) is 19.4 Å². The number of aromatic nitrogens is 1. The summed E-state index contributed by atoms with van der Waals surface area (Å²) in [5, 5.41) is 22.5. The highest BCUT2D eigenvalue weighted by molar-refractivity contribution is 7.10. The van der Waals surface area contributed by atoms with Crippen molar-refractivity contribution in [1.82, 2.24) is 14.8 Å². The van der Waals surface area contributed by atoms with Crippen molar-refractivity contribution in [2.75, 3.05) is 26.2 Å². The molecule has 2 aliphatic heterocycles. The summed E-state index contributed by atoms with van der Waals surface area (Å²) in [5.74, 6) is -2.65. The summed E-state index contributed by atoms with van der Waals surface area (Å²) in [7, 11) is 0. The fourth-order valence-corrected chi connectivity index (χ4v) is 7.90. The Hall–Kier alpha value is -4.38. The van der Waals surface area contributed by atoms with E-state index in [1.807, 2.05) is 0 Å². The minimum Gasteiger partial charge on any atom is -0.493 e. The first kappa shape index (κ1) is 41.8. The lowest BCUT2D eigenvalue weighted by Crippen LogP contribution is -2.68. The zero-order valence-electron chi connectivity index (χ0n) is 30.5. The summed E-state index contributed by atoms with van der Waals surface area (Å²) in [4.78, 5) is 45.8. The molecule has 17 heteroatoms. The van der Waals surface area contributed by atoms with Crippen LogP contribution in [0, 0.1) is 5.41 Å². The standard InChI is InChI=1S/C38H43F6N3O7S/c1-4-8-29-36(54-24-21-30(55-23-24)38(42,43)44,12-7-17-47(29)31(48)25-22-45-16-11-26(25)37(39,40)41)32(49)46-18-13-35(52,14-19-46)27-9-5-6-10-28(27)53-20-15-34(2,3)33(50)51/h5-6,9-11,16,21-23,29,52H,4,7-8,12-15,17-20H2,1-3H3,(H,50,51). The number of ether oxygens (including phenoxy) is 2. The third kappa shape index (κ3) is 8.87. The molecule has 2 saturated heterocycles. The summed E-state index contributed by atoms with van der Waals surface area (Å²) in [5.41, 5.74) is -6.07. The minimum atomic E-state index is -4.90. The number of carbonyl (C=O) groups is 3. The number of likely N-dealkylation sites (tertiary alicyclic amines) is 2. The maximum absolute atomic E-state index is 14.9. The van der Waals surface area contributed by atoms with E-state index in [0.29, 0.717) is 35.1 Å². The Morgan fingerprint density at radius 2 is 1.69 bits per heavy atom. The Balaban J connectivity index is 1.47. The highest BCUT2D eigenvalue weighted by Gasteiger charge is 2.56. The molecule has 2 atom stereocenters. The van der Waals surface area contributed by atoms with E-state index in [0.717, 1.165) is 28.7 Å². The molecule has 0 bridgehead atoms. The van der Waals surface area contributed by atoms with Gasteiger partial charge in [-0.1, -0.05) is 31.5 Å². The first-order valence-corrected chi connectivity index (χ1v) is 18.8. The molecule has 0 radical (unpaired) electrons. The van der Waals surface area contributed by atoms with Gasteiger partial charge >= 0.3 is 18.3 Å². The van der Waals surface area contributed by atoms with Crippen molar-refractivity contribution in [3.05, 3.63) is 75.7 Å². The Kier molecular flexibility index (Phi) is 12.2. The van der Waals surface area contributed by atoms with Gasteiger partial charge in [0.15, 0.2) is 0 Å². The van der Waals surface area contributed by atoms with Crippen molar-refractivity contribution in [2.45, 2.75) is 95.3 Å². The molecule has 3 aromatic rings. The highest BCUT2D eigenvalue weighted by Crippen LogP contribution is 2.44. The van der Waals surface area contributed by atoms with Gasteiger partial charge in [0.1, 0.15) is 16.4 Å². The number of hydrogen-bond donors (Lipinski definition) is 2. The number of benzene rings is 1. The van der Waals surface area contributed by atoms with Gasteiger partial charge in [-0.25, -0.2) is 0 Å². The highest BCUT2D eigenvalue weighted by atomic mass is 32.1. The number of alkyl halides is 6. The van der Waals surface area contributed by atoms with Crippen molar-refractivity contribution < 1.29 is 60.4 Å². The smallest absolute Gasteiger partial charge is 0.425 e. The fourth-order valence-electron chi connectivity index (χ4n) is 7.22. The monoisotopic (exact) mass is 799 g/mol. The van der Waals surface area contributed by atoms with Crippen LogP contribution in [0.4, 0.5) is 26.3 Å². The van der Waals surface area contributed by atoms with Gasteiger partial charge in [0.05, 0.1) is 34.8 Å². The molecule has 0 saturated carbocycles. The molecule has 2 unspecified atom stereocenters. The number of thiophene rings is 1. The summed E-state index contributed by atoms with van der Waals surface area (Å²) >= 11 is 0.358. The van der Waals surface area contributed by atoms with Crippen molar-refractivity contribution in [3.63, 3.8) is 0 Å². The number of halogens is 6. The molecule has 2 aromatic heterocycles. The van der Waals surface area contributed by atoms with Crippen molar-refractivity contribution in [2.24, 2.45) is 5.41 Å². The van der Waals surface area contributed by atoms with Crippen LogP contribution in [0.2, 0.25) is 0 Å². The molecule has 4 heterocycles. The average molecular weight is 800 g/mol. The predicted molar refractivity (Wildman–Crippen MR) is 189 cm³/mol. The van der Waals surface area contributed by atoms with Gasteiger partial charge < -0.3 is 29.5 Å². The van der Waals surface area contributed by atoms with Crippen molar-refractivity contribution in [1.29, 1.82) is 0 Å². The molecule has 2 aliphatic rings. The van der Waals surface area contributed by atoms with Crippen LogP contribution in [0.1, 0.15) is 92.1 Å². The van der Waals surface area contributed by atoms with E-state index in [9.17, 15) is 50.9 Å². The molecule has 10 nitrogen and oxygen atoms in total. The molecule has 55 heavy (non-hydrogen) atoms. The quantitative estimate of drug-likeness (QED) is 0.178. The number of carboxylic acid groups (broad SMARTS) is 1. The van der Waals surface area contributed by atoms with Crippen molar-refractivity contribution >= 4 is 29.1 Å². The molecule has 5 rings (SSSR count). The third-order valence-electron chi connectivity index (χ3n) is 10.4. The second-order valence-corrected chi connectivity index (χ2v) is 15.5. The van der Waals surface area contributed by atoms with Gasteiger partial charge in [-0.15, -0.1) is 11.3 Å². The van der Waals surface area contributed by atoms with E-state index < -0.39 is 68.8 Å². The first-order valence-electron chi connectivity index (χ1n) is 17.9. The van der Waals surface area contributed by atoms with Crippen molar-refractivity contribution in [3.8, 4) is 11.5 Å². The number of amides is 2. The number of pyridine rings is 1. The van der Waals surface area contributed by atoms with Gasteiger partial charge in [0.25, 0.3) is 11.8 Å². The number of aliphatic carboxylic acids is 1. The van der Waals surface area contributed by atoms with Crippen LogP contribution in [0.5, 0.6) is 11.5 Å². The third-order valence-corrected chi connectivity index (χ3v) is 11.3. The predicted octanol–water partition coefficient (Wildman–Crippen LogP) is 7.79. The van der Waals surface area contributed by atoms with Gasteiger partial charge in [0.2, 0.25) is 5.60 Å². The molecule has 1 aromatic carbocycles. The molecule has 300 valence electrons. The van der Waals surface area contributed by atoms with Gasteiger partial charge in [-0.05, 0) is 58.1 Å². The van der Waals surface area contributed by atoms with E-state index in [2.05, 4.69) is 4.98 Å². The SMILES string of the molecule is CCCC1N(C(=O)c2cnccc2C(F)(F)F)CCCC1(Oc1csc(C(F)(F)F)c1)C(=O)N1CCC(O)(c2ccccc2OCCC(C)(C)C(=O)O)CC1. The summed E-state index contributed by atoms with van der Waals surface area (Å²) in [6.07, 6.45) is -7.28. The number of piperidine rings is 2. The second kappa shape index (κ2) is 16.0. The number of para-hydroxylation sites is 1. The van der Waals surface area contributed by atoms with Gasteiger partial charge in [0, 0.05) is 55.5 Å². The molecular weight excluding hydrogens is 756 g/mol. The summed E-state index contributed by atoms with van der Waals surface area (Å²) in [6.45, 7) is 4.78. The van der Waals surface area contributed by atoms with E-state index in [1.165, 1.54) is 4.90 Å². The normalized spacial score (nSPS) is 20.6. The fraction of sp³-hybridized carbons (Fsp3) is 0.526. The van der Waals surface area contributed by atoms with Crippen LogP contribution < -0.4 is 9.47 Å². The van der Waals surface area contributed by atoms with Crippen LogP contribution in [-0.4, -0.2) is 80.7 Å².